The lowest BCUT2D eigenvalue weighted by Gasteiger charge is -2.14. The van der Waals surface area contributed by atoms with Crippen molar-refractivity contribution >= 4 is 11.6 Å². The molecule has 0 aliphatic heterocycles. The van der Waals surface area contributed by atoms with Gasteiger partial charge in [0.05, 0.1) is 19.3 Å². The standard InChI is InChI=1S/C17H16F2N4O3/c1-10(11-3-5-13(18)14(19)7-11)20-16(24)9-23-17(25)22-8-12(26-2)4-6-15(22)21-23/h3-8,10H,9H2,1-2H3,(H,20,24)/t10-/m0/s1. The number of carbonyl (C=O) groups is 1. The van der Waals surface area contributed by atoms with E-state index in [0.717, 1.165) is 16.8 Å². The van der Waals surface area contributed by atoms with Gasteiger partial charge in [-0.25, -0.2) is 22.7 Å². The summed E-state index contributed by atoms with van der Waals surface area (Å²) in [7, 11) is 1.48. The number of carbonyl (C=O) groups excluding carboxylic acids is 1. The molecule has 3 rings (SSSR count). The Bertz CT molecular complexity index is 1030. The summed E-state index contributed by atoms with van der Waals surface area (Å²) >= 11 is 0. The van der Waals surface area contributed by atoms with Crippen molar-refractivity contribution in [1.82, 2.24) is 19.5 Å². The van der Waals surface area contributed by atoms with Crippen molar-refractivity contribution in [2.24, 2.45) is 0 Å². The van der Waals surface area contributed by atoms with Crippen LogP contribution in [0.1, 0.15) is 18.5 Å². The van der Waals surface area contributed by atoms with Gasteiger partial charge in [0, 0.05) is 0 Å². The number of rotatable bonds is 5. The first-order valence-corrected chi connectivity index (χ1v) is 7.76. The van der Waals surface area contributed by atoms with Gasteiger partial charge in [0.1, 0.15) is 12.3 Å². The summed E-state index contributed by atoms with van der Waals surface area (Å²) in [6.45, 7) is 1.32. The minimum absolute atomic E-state index is 0.309. The van der Waals surface area contributed by atoms with Crippen LogP contribution in [-0.2, 0) is 11.3 Å². The molecule has 1 atom stereocenters. The Morgan fingerprint density at radius 2 is 2.04 bits per heavy atom. The Balaban J connectivity index is 1.75. The molecule has 0 spiro atoms. The van der Waals surface area contributed by atoms with Gasteiger partial charge in [0.15, 0.2) is 17.3 Å². The number of pyridine rings is 1. The molecule has 1 N–H and O–H groups in total. The number of benzene rings is 1. The molecule has 0 saturated heterocycles. The van der Waals surface area contributed by atoms with Crippen LogP contribution >= 0.6 is 0 Å². The molecule has 1 amide bonds. The van der Waals surface area contributed by atoms with Gasteiger partial charge in [0.25, 0.3) is 0 Å². The second-order valence-electron chi connectivity index (χ2n) is 5.70. The summed E-state index contributed by atoms with van der Waals surface area (Å²) in [5, 5.41) is 6.70. The van der Waals surface area contributed by atoms with Gasteiger partial charge in [-0.3, -0.25) is 4.79 Å². The third kappa shape index (κ3) is 3.41. The molecule has 0 bridgehead atoms. The van der Waals surface area contributed by atoms with E-state index in [9.17, 15) is 18.4 Å². The summed E-state index contributed by atoms with van der Waals surface area (Å²) in [5.41, 5.74) is 0.288. The van der Waals surface area contributed by atoms with Crippen LogP contribution in [0.15, 0.2) is 41.3 Å². The predicted octanol–water partition coefficient (Wildman–Crippen LogP) is 1.66. The molecule has 9 heteroatoms. The van der Waals surface area contributed by atoms with E-state index in [-0.39, 0.29) is 6.54 Å². The maximum Gasteiger partial charge on any atom is 0.350 e. The first-order chi connectivity index (χ1) is 12.4. The molecule has 0 unspecified atom stereocenters. The van der Waals surface area contributed by atoms with Crippen LogP contribution in [0.4, 0.5) is 8.78 Å². The number of methoxy groups -OCH3 is 1. The third-order valence-corrected chi connectivity index (χ3v) is 3.90. The molecular formula is C17H16F2N4O3. The molecule has 0 aliphatic rings. The van der Waals surface area contributed by atoms with Gasteiger partial charge in [-0.1, -0.05) is 6.07 Å². The van der Waals surface area contributed by atoms with Crippen molar-refractivity contribution in [3.8, 4) is 5.75 Å². The van der Waals surface area contributed by atoms with Gasteiger partial charge >= 0.3 is 5.69 Å². The fourth-order valence-corrected chi connectivity index (χ4v) is 2.51. The van der Waals surface area contributed by atoms with Gasteiger partial charge in [-0.2, -0.15) is 0 Å². The molecule has 2 aromatic heterocycles. The molecule has 0 saturated carbocycles. The number of hydrogen-bond acceptors (Lipinski definition) is 4. The number of ether oxygens (including phenoxy) is 1. The van der Waals surface area contributed by atoms with Crippen molar-refractivity contribution in [3.63, 3.8) is 0 Å². The SMILES string of the molecule is COc1ccc2nn(CC(=O)N[C@@H](C)c3ccc(F)c(F)c3)c(=O)n2c1. The Kier molecular flexibility index (Phi) is 4.70. The molecule has 2 heterocycles. The van der Waals surface area contributed by atoms with Crippen molar-refractivity contribution in [1.29, 1.82) is 0 Å². The average molecular weight is 362 g/mol. The van der Waals surface area contributed by atoms with E-state index < -0.39 is 29.3 Å². The maximum atomic E-state index is 13.3. The lowest BCUT2D eigenvalue weighted by molar-refractivity contribution is -0.122. The number of amides is 1. The zero-order valence-corrected chi connectivity index (χ0v) is 14.1. The Morgan fingerprint density at radius 1 is 1.27 bits per heavy atom. The van der Waals surface area contributed by atoms with Gasteiger partial charge in [-0.05, 0) is 36.8 Å². The monoisotopic (exact) mass is 362 g/mol. The molecular weight excluding hydrogens is 346 g/mol. The molecule has 7 nitrogen and oxygen atoms in total. The maximum absolute atomic E-state index is 13.3. The van der Waals surface area contributed by atoms with Gasteiger partial charge in [-0.15, -0.1) is 5.10 Å². The number of aromatic nitrogens is 3. The highest BCUT2D eigenvalue weighted by Crippen LogP contribution is 2.16. The quantitative estimate of drug-likeness (QED) is 0.749. The number of nitrogens with one attached hydrogen (secondary N) is 1. The van der Waals surface area contributed by atoms with Crippen LogP contribution in [-0.4, -0.2) is 27.2 Å². The Labute approximate surface area is 146 Å². The van der Waals surface area contributed by atoms with E-state index in [4.69, 9.17) is 4.74 Å². The fourth-order valence-electron chi connectivity index (χ4n) is 2.51. The normalized spacial score (nSPS) is 12.2. The summed E-state index contributed by atoms with van der Waals surface area (Å²) in [4.78, 5) is 24.5. The number of fused-ring (bicyclic) bond motifs is 1. The summed E-state index contributed by atoms with van der Waals surface area (Å²) in [6, 6.07) is 6.07. The van der Waals surface area contributed by atoms with Crippen molar-refractivity contribution in [3.05, 3.63) is 64.2 Å². The largest absolute Gasteiger partial charge is 0.495 e. The average Bonchev–Trinajstić information content (AvgIpc) is 2.92. The topological polar surface area (TPSA) is 77.6 Å². The van der Waals surface area contributed by atoms with E-state index in [2.05, 4.69) is 10.4 Å². The van der Waals surface area contributed by atoms with Crippen molar-refractivity contribution < 1.29 is 18.3 Å². The zero-order chi connectivity index (χ0) is 18.8. The van der Waals surface area contributed by atoms with Crippen molar-refractivity contribution in [2.45, 2.75) is 19.5 Å². The predicted molar refractivity (Wildman–Crippen MR) is 88.9 cm³/mol. The second-order valence-corrected chi connectivity index (χ2v) is 5.70. The highest BCUT2D eigenvalue weighted by Gasteiger charge is 2.15. The number of halogens is 2. The fraction of sp³-hybridized carbons (Fsp3) is 0.235. The number of nitrogens with zero attached hydrogens (tertiary/aromatic N) is 3. The van der Waals surface area contributed by atoms with Crippen molar-refractivity contribution in [2.75, 3.05) is 7.11 Å². The molecule has 0 radical (unpaired) electrons. The van der Waals surface area contributed by atoms with Crippen LogP contribution in [0.3, 0.4) is 0 Å². The molecule has 26 heavy (non-hydrogen) atoms. The molecule has 0 aliphatic carbocycles. The first-order valence-electron chi connectivity index (χ1n) is 7.76. The number of hydrogen-bond donors (Lipinski definition) is 1. The van der Waals surface area contributed by atoms with E-state index >= 15 is 0 Å². The minimum atomic E-state index is -0.992. The Morgan fingerprint density at radius 3 is 2.73 bits per heavy atom. The van der Waals surface area contributed by atoms with E-state index in [1.54, 1.807) is 19.1 Å². The second kappa shape index (κ2) is 6.95. The van der Waals surface area contributed by atoms with Crippen LogP contribution < -0.4 is 15.7 Å². The van der Waals surface area contributed by atoms with E-state index in [1.165, 1.54) is 23.8 Å². The Hall–Kier alpha value is -3.23. The highest BCUT2D eigenvalue weighted by molar-refractivity contribution is 5.76. The van der Waals surface area contributed by atoms with Gasteiger partial charge in [0.2, 0.25) is 5.91 Å². The smallest absolute Gasteiger partial charge is 0.350 e. The van der Waals surface area contributed by atoms with Crippen LogP contribution in [0.25, 0.3) is 5.65 Å². The molecule has 3 aromatic rings. The van der Waals surface area contributed by atoms with Crippen LogP contribution in [0, 0.1) is 11.6 Å². The summed E-state index contributed by atoms with van der Waals surface area (Å²) < 4.78 is 33.6. The first kappa shape index (κ1) is 17.6. The summed E-state index contributed by atoms with van der Waals surface area (Å²) in [6.07, 6.45) is 1.48. The van der Waals surface area contributed by atoms with E-state index in [0.29, 0.717) is 17.0 Å². The van der Waals surface area contributed by atoms with Crippen LogP contribution in [0.2, 0.25) is 0 Å². The summed E-state index contributed by atoms with van der Waals surface area (Å²) in [5.74, 6) is -1.96. The third-order valence-electron chi connectivity index (χ3n) is 3.90. The molecule has 136 valence electrons. The highest BCUT2D eigenvalue weighted by atomic mass is 19.2. The molecule has 1 aromatic carbocycles. The van der Waals surface area contributed by atoms with Crippen LogP contribution in [0.5, 0.6) is 5.75 Å². The minimum Gasteiger partial charge on any atom is -0.495 e. The zero-order valence-electron chi connectivity index (χ0n) is 14.1. The molecule has 0 fully saturated rings. The lowest BCUT2D eigenvalue weighted by Crippen LogP contribution is -2.34. The lowest BCUT2D eigenvalue weighted by atomic mass is 10.1. The van der Waals surface area contributed by atoms with Gasteiger partial charge < -0.3 is 10.1 Å². The van der Waals surface area contributed by atoms with E-state index in [1.807, 2.05) is 0 Å².